The van der Waals surface area contributed by atoms with Crippen LogP contribution >= 0.6 is 22.9 Å². The van der Waals surface area contributed by atoms with Crippen LogP contribution in [0.5, 0.6) is 5.75 Å². The van der Waals surface area contributed by atoms with Crippen molar-refractivity contribution < 1.29 is 9.53 Å². The maximum absolute atomic E-state index is 13.2. The Morgan fingerprint density at radius 3 is 2.72 bits per heavy atom. The topological polar surface area (TPSA) is 111 Å². The Bertz CT molecular complexity index is 1690. The summed E-state index contributed by atoms with van der Waals surface area (Å²) in [6.07, 6.45) is 3.59. The number of hydrogen-bond donors (Lipinski definition) is 3. The largest absolute Gasteiger partial charge is 0.425 e. The number of halogens is 1. The van der Waals surface area contributed by atoms with Crippen molar-refractivity contribution >= 4 is 62.8 Å². The molecule has 0 saturated carbocycles. The van der Waals surface area contributed by atoms with Crippen LogP contribution in [0.1, 0.15) is 15.2 Å². The van der Waals surface area contributed by atoms with Gasteiger partial charge in [-0.3, -0.25) is 9.78 Å². The zero-order chi connectivity index (χ0) is 27.0. The molecule has 5 aromatic rings. The van der Waals surface area contributed by atoms with E-state index >= 15 is 0 Å². The maximum atomic E-state index is 13.2. The molecule has 2 aromatic heterocycles. The SMILES string of the molecule is N#CNC(=Nc1cc(NC(=O)c2sccc2NCc2ccnc3ccccc23)ccc1Cl)Oc1ccccc1. The predicted molar refractivity (Wildman–Crippen MR) is 156 cm³/mol. The molecule has 192 valence electrons. The molecule has 2 heterocycles. The van der Waals surface area contributed by atoms with Gasteiger partial charge in [-0.05, 0) is 59.5 Å². The van der Waals surface area contributed by atoms with Crippen LogP contribution in [0.2, 0.25) is 5.02 Å². The molecule has 8 nitrogen and oxygen atoms in total. The molecule has 0 aliphatic carbocycles. The first-order chi connectivity index (χ1) is 19.1. The van der Waals surface area contributed by atoms with Crippen molar-refractivity contribution in [2.24, 2.45) is 4.99 Å². The molecule has 0 radical (unpaired) electrons. The highest BCUT2D eigenvalue weighted by molar-refractivity contribution is 7.12. The number of amidine groups is 1. The minimum atomic E-state index is -0.278. The number of para-hydroxylation sites is 2. The van der Waals surface area contributed by atoms with E-state index in [0.717, 1.165) is 22.2 Å². The van der Waals surface area contributed by atoms with Crippen molar-refractivity contribution in [2.75, 3.05) is 10.6 Å². The van der Waals surface area contributed by atoms with Crippen LogP contribution in [0.15, 0.2) is 101 Å². The molecular weight excluding hydrogens is 532 g/mol. The number of nitrogens with one attached hydrogen (secondary N) is 3. The zero-order valence-electron chi connectivity index (χ0n) is 20.4. The quantitative estimate of drug-likeness (QED) is 0.0871. The van der Waals surface area contributed by atoms with Crippen molar-refractivity contribution in [3.8, 4) is 11.9 Å². The van der Waals surface area contributed by atoms with Gasteiger partial charge in [-0.2, -0.15) is 10.3 Å². The van der Waals surface area contributed by atoms with E-state index in [1.54, 1.807) is 54.9 Å². The number of thiophene rings is 1. The first kappa shape index (κ1) is 25.7. The number of rotatable bonds is 7. The number of carbonyl (C=O) groups excluding carboxylic acids is 1. The number of amides is 1. The monoisotopic (exact) mass is 552 g/mol. The summed E-state index contributed by atoms with van der Waals surface area (Å²) in [6, 6.07) is 25.5. The minimum absolute atomic E-state index is 0.0533. The van der Waals surface area contributed by atoms with E-state index < -0.39 is 0 Å². The van der Waals surface area contributed by atoms with Gasteiger partial charge in [0.2, 0.25) is 0 Å². The highest BCUT2D eigenvalue weighted by Gasteiger charge is 2.15. The number of hydrogen-bond acceptors (Lipinski definition) is 7. The van der Waals surface area contributed by atoms with E-state index in [-0.39, 0.29) is 11.9 Å². The number of ether oxygens (including phenoxy) is 1. The zero-order valence-corrected chi connectivity index (χ0v) is 22.0. The van der Waals surface area contributed by atoms with Crippen LogP contribution in [-0.4, -0.2) is 16.9 Å². The number of aliphatic imine (C=N–C) groups is 1. The van der Waals surface area contributed by atoms with Crippen LogP contribution < -0.4 is 20.7 Å². The fourth-order valence-corrected chi connectivity index (χ4v) is 4.75. The number of pyridine rings is 1. The van der Waals surface area contributed by atoms with Crippen molar-refractivity contribution in [3.05, 3.63) is 112 Å². The van der Waals surface area contributed by atoms with E-state index in [9.17, 15) is 4.79 Å². The van der Waals surface area contributed by atoms with Gasteiger partial charge in [0.05, 0.1) is 21.9 Å². The summed E-state index contributed by atoms with van der Waals surface area (Å²) in [7, 11) is 0. The van der Waals surface area contributed by atoms with E-state index in [0.29, 0.717) is 33.6 Å². The summed E-state index contributed by atoms with van der Waals surface area (Å²) in [5.74, 6) is 0.220. The van der Waals surface area contributed by atoms with Crippen LogP contribution in [0.4, 0.5) is 17.1 Å². The Morgan fingerprint density at radius 1 is 1.05 bits per heavy atom. The number of aromatic nitrogens is 1. The first-order valence-corrected chi connectivity index (χ1v) is 13.1. The number of carbonyl (C=O) groups is 1. The number of fused-ring (bicyclic) bond motifs is 1. The molecule has 5 rings (SSSR count). The standard InChI is InChI=1S/C29H21ClN6O2S/c30-23-11-10-20(16-26(23)36-29(34-18-31)38-21-6-2-1-3-7-21)35-28(37)27-25(13-15-39-27)33-17-19-12-14-32-24-9-5-4-8-22(19)24/h1-16,33H,17H2,(H,34,36)(H,35,37). The summed E-state index contributed by atoms with van der Waals surface area (Å²) in [6.45, 7) is 0.538. The smallest absolute Gasteiger partial charge is 0.309 e. The van der Waals surface area contributed by atoms with Crippen LogP contribution in [-0.2, 0) is 6.54 Å². The van der Waals surface area contributed by atoms with Crippen molar-refractivity contribution in [1.82, 2.24) is 10.3 Å². The lowest BCUT2D eigenvalue weighted by Crippen LogP contribution is -2.24. The molecule has 0 atom stereocenters. The second kappa shape index (κ2) is 12.1. The molecule has 1 amide bonds. The molecule has 3 N–H and O–H groups in total. The Kier molecular flexibility index (Phi) is 7.98. The number of benzene rings is 3. The third kappa shape index (κ3) is 6.33. The Labute approximate surface area is 233 Å². The summed E-state index contributed by atoms with van der Waals surface area (Å²) in [4.78, 5) is 22.5. The Morgan fingerprint density at radius 2 is 1.87 bits per heavy atom. The summed E-state index contributed by atoms with van der Waals surface area (Å²) in [5.41, 5.74) is 3.53. The van der Waals surface area contributed by atoms with Crippen LogP contribution in [0.3, 0.4) is 0 Å². The van der Waals surface area contributed by atoms with E-state index in [2.05, 4.69) is 25.9 Å². The molecular formula is C29H21ClN6O2S. The normalized spacial score (nSPS) is 11.0. The van der Waals surface area contributed by atoms with Gasteiger partial charge in [0, 0.05) is 23.8 Å². The average molecular weight is 553 g/mol. The molecule has 0 aliphatic rings. The van der Waals surface area contributed by atoms with E-state index in [1.807, 2.05) is 47.8 Å². The Hall–Kier alpha value is -4.91. The third-order valence-electron chi connectivity index (χ3n) is 5.63. The number of nitrogens with zero attached hydrogens (tertiary/aromatic N) is 3. The molecule has 0 aliphatic heterocycles. The number of nitriles is 1. The molecule has 0 unspecified atom stereocenters. The van der Waals surface area contributed by atoms with Gasteiger partial charge in [-0.15, -0.1) is 11.3 Å². The van der Waals surface area contributed by atoms with Crippen LogP contribution in [0.25, 0.3) is 10.9 Å². The second-order valence-electron chi connectivity index (χ2n) is 8.19. The van der Waals surface area contributed by atoms with Gasteiger partial charge in [-0.25, -0.2) is 5.32 Å². The summed E-state index contributed by atoms with van der Waals surface area (Å²) in [5, 5.41) is 21.1. The van der Waals surface area contributed by atoms with Gasteiger partial charge in [0.15, 0.2) is 6.19 Å². The van der Waals surface area contributed by atoms with Gasteiger partial charge >= 0.3 is 6.02 Å². The molecule has 3 aromatic carbocycles. The van der Waals surface area contributed by atoms with Crippen LogP contribution in [0, 0.1) is 11.5 Å². The fraction of sp³-hybridized carbons (Fsp3) is 0.0345. The lowest BCUT2D eigenvalue weighted by molar-refractivity contribution is 0.103. The summed E-state index contributed by atoms with van der Waals surface area (Å²) >= 11 is 7.68. The van der Waals surface area contributed by atoms with Gasteiger partial charge in [-0.1, -0.05) is 48.0 Å². The van der Waals surface area contributed by atoms with Crippen molar-refractivity contribution in [3.63, 3.8) is 0 Å². The van der Waals surface area contributed by atoms with E-state index in [4.69, 9.17) is 21.6 Å². The molecule has 0 fully saturated rings. The predicted octanol–water partition coefficient (Wildman–Crippen LogP) is 6.95. The number of anilines is 2. The van der Waals surface area contributed by atoms with Gasteiger partial charge in [0.1, 0.15) is 10.6 Å². The highest BCUT2D eigenvalue weighted by atomic mass is 35.5. The molecule has 39 heavy (non-hydrogen) atoms. The van der Waals surface area contributed by atoms with Gasteiger partial charge in [0.25, 0.3) is 5.91 Å². The van der Waals surface area contributed by atoms with Gasteiger partial charge < -0.3 is 15.4 Å². The average Bonchev–Trinajstić information content (AvgIpc) is 3.43. The Balaban J connectivity index is 1.31. The maximum Gasteiger partial charge on any atom is 0.309 e. The molecule has 10 heteroatoms. The van der Waals surface area contributed by atoms with E-state index in [1.165, 1.54) is 11.3 Å². The second-order valence-corrected chi connectivity index (χ2v) is 9.52. The molecule has 0 bridgehead atoms. The van der Waals surface area contributed by atoms with Crippen molar-refractivity contribution in [2.45, 2.75) is 6.54 Å². The summed E-state index contributed by atoms with van der Waals surface area (Å²) < 4.78 is 5.66. The lowest BCUT2D eigenvalue weighted by atomic mass is 10.1. The lowest BCUT2D eigenvalue weighted by Gasteiger charge is -2.11. The molecule has 0 spiro atoms. The van der Waals surface area contributed by atoms with Crippen molar-refractivity contribution in [1.29, 1.82) is 5.26 Å². The fourth-order valence-electron chi connectivity index (χ4n) is 3.82. The third-order valence-corrected chi connectivity index (χ3v) is 6.86. The molecule has 0 saturated heterocycles. The first-order valence-electron chi connectivity index (χ1n) is 11.8. The highest BCUT2D eigenvalue weighted by Crippen LogP contribution is 2.30. The minimum Gasteiger partial charge on any atom is -0.425 e.